The van der Waals surface area contributed by atoms with Gasteiger partial charge in [0, 0.05) is 11.4 Å². The van der Waals surface area contributed by atoms with Gasteiger partial charge in [-0.15, -0.1) is 0 Å². The number of anilines is 2. The number of hydrogen-bond acceptors (Lipinski definition) is 1. The van der Waals surface area contributed by atoms with Gasteiger partial charge in [0.05, 0.1) is 0 Å². The lowest BCUT2D eigenvalue weighted by Gasteiger charge is -2.06. The molecule has 0 aromatic heterocycles. The maximum atomic E-state index is 3.37. The Kier molecular flexibility index (Phi) is 3.39. The first kappa shape index (κ1) is 10.5. The molecule has 1 heteroatoms. The number of allylic oxidation sites excluding steroid dienone is 1. The van der Waals surface area contributed by atoms with Gasteiger partial charge in [-0.3, -0.25) is 0 Å². The summed E-state index contributed by atoms with van der Waals surface area (Å²) in [5, 5.41) is 3.37. The van der Waals surface area contributed by atoms with Crippen LogP contribution in [0.25, 0.3) is 6.08 Å². The van der Waals surface area contributed by atoms with E-state index in [1.807, 2.05) is 31.2 Å². The van der Waals surface area contributed by atoms with E-state index < -0.39 is 0 Å². The van der Waals surface area contributed by atoms with Crippen LogP contribution in [0.1, 0.15) is 12.5 Å². The maximum absolute atomic E-state index is 3.37. The number of benzene rings is 2. The smallest absolute Gasteiger partial charge is 0.0390 e. The fourth-order valence-electron chi connectivity index (χ4n) is 1.60. The molecule has 80 valence electrons. The van der Waals surface area contributed by atoms with Crippen molar-refractivity contribution in [2.45, 2.75) is 6.92 Å². The molecule has 1 N–H and O–H groups in total. The molecule has 0 unspecified atom stereocenters. The summed E-state index contributed by atoms with van der Waals surface area (Å²) in [5.41, 5.74) is 3.44. The Bertz CT molecular complexity index is 472. The van der Waals surface area contributed by atoms with Crippen molar-refractivity contribution in [3.8, 4) is 0 Å². The molecule has 16 heavy (non-hydrogen) atoms. The second kappa shape index (κ2) is 5.17. The van der Waals surface area contributed by atoms with Gasteiger partial charge in [0.15, 0.2) is 0 Å². The molecule has 0 heterocycles. The molecule has 2 aromatic carbocycles. The van der Waals surface area contributed by atoms with E-state index in [9.17, 15) is 0 Å². The topological polar surface area (TPSA) is 12.0 Å². The third-order valence-electron chi connectivity index (χ3n) is 2.31. The first-order chi connectivity index (χ1) is 7.88. The lowest BCUT2D eigenvalue weighted by atomic mass is 10.2. The van der Waals surface area contributed by atoms with E-state index in [0.29, 0.717) is 0 Å². The fourth-order valence-corrected chi connectivity index (χ4v) is 1.60. The molecule has 0 aliphatic heterocycles. The number of para-hydroxylation sites is 1. The highest BCUT2D eigenvalue weighted by Gasteiger charge is 1.93. The van der Waals surface area contributed by atoms with Gasteiger partial charge >= 0.3 is 0 Å². The van der Waals surface area contributed by atoms with Crippen molar-refractivity contribution in [1.29, 1.82) is 0 Å². The Morgan fingerprint density at radius 1 is 0.875 bits per heavy atom. The Balaban J connectivity index is 2.19. The summed E-state index contributed by atoms with van der Waals surface area (Å²) in [4.78, 5) is 0. The van der Waals surface area contributed by atoms with Crippen molar-refractivity contribution in [3.63, 3.8) is 0 Å². The van der Waals surface area contributed by atoms with Crippen LogP contribution in [0, 0.1) is 0 Å². The normalized spacial score (nSPS) is 10.6. The van der Waals surface area contributed by atoms with E-state index in [2.05, 4.69) is 47.8 Å². The van der Waals surface area contributed by atoms with Crippen molar-refractivity contribution >= 4 is 17.5 Å². The minimum absolute atomic E-state index is 1.11. The van der Waals surface area contributed by atoms with Crippen LogP contribution >= 0.6 is 0 Å². The molecule has 0 atom stereocenters. The predicted molar refractivity (Wildman–Crippen MR) is 70.9 cm³/mol. The van der Waals surface area contributed by atoms with Crippen LogP contribution in [-0.4, -0.2) is 0 Å². The lowest BCUT2D eigenvalue weighted by molar-refractivity contribution is 1.54. The molecule has 0 saturated carbocycles. The summed E-state index contributed by atoms with van der Waals surface area (Å²) < 4.78 is 0. The molecule has 0 spiro atoms. The zero-order valence-corrected chi connectivity index (χ0v) is 9.35. The fraction of sp³-hybridized carbons (Fsp3) is 0.0667. The molecule has 1 nitrogen and oxygen atoms in total. The molecular formula is C15H15N. The van der Waals surface area contributed by atoms with Crippen LogP contribution in [0.15, 0.2) is 60.7 Å². The molecule has 2 aromatic rings. The van der Waals surface area contributed by atoms with Crippen molar-refractivity contribution in [3.05, 3.63) is 66.2 Å². The average Bonchev–Trinajstić information content (AvgIpc) is 2.31. The second-order valence-corrected chi connectivity index (χ2v) is 3.62. The summed E-state index contributed by atoms with van der Waals surface area (Å²) in [7, 11) is 0. The Morgan fingerprint density at radius 3 is 2.38 bits per heavy atom. The van der Waals surface area contributed by atoms with E-state index in [4.69, 9.17) is 0 Å². The largest absolute Gasteiger partial charge is 0.356 e. The summed E-state index contributed by atoms with van der Waals surface area (Å²) >= 11 is 0. The Labute approximate surface area is 96.4 Å². The van der Waals surface area contributed by atoms with E-state index >= 15 is 0 Å². The zero-order chi connectivity index (χ0) is 11.2. The monoisotopic (exact) mass is 209 g/mol. The maximum Gasteiger partial charge on any atom is 0.0390 e. The first-order valence-electron chi connectivity index (χ1n) is 5.43. The standard InChI is InChI=1S/C15H15N/c1-2-7-13-8-6-11-15(12-13)16-14-9-4-3-5-10-14/h2-12,16H,1H3/b7-2+. The van der Waals surface area contributed by atoms with Crippen molar-refractivity contribution in [2.24, 2.45) is 0 Å². The molecule has 0 radical (unpaired) electrons. The van der Waals surface area contributed by atoms with Gasteiger partial charge in [0.1, 0.15) is 0 Å². The van der Waals surface area contributed by atoms with E-state index in [1.165, 1.54) is 5.56 Å². The predicted octanol–water partition coefficient (Wildman–Crippen LogP) is 4.46. The van der Waals surface area contributed by atoms with Gasteiger partial charge in [-0.2, -0.15) is 0 Å². The van der Waals surface area contributed by atoms with E-state index in [1.54, 1.807) is 0 Å². The van der Waals surface area contributed by atoms with Crippen LogP contribution in [0.5, 0.6) is 0 Å². The quantitative estimate of drug-likeness (QED) is 0.786. The summed E-state index contributed by atoms with van der Waals surface area (Å²) in [6.45, 7) is 2.03. The van der Waals surface area contributed by atoms with E-state index in [0.717, 1.165) is 11.4 Å². The van der Waals surface area contributed by atoms with Crippen molar-refractivity contribution in [2.75, 3.05) is 5.32 Å². The third-order valence-corrected chi connectivity index (χ3v) is 2.31. The van der Waals surface area contributed by atoms with Crippen molar-refractivity contribution in [1.82, 2.24) is 0 Å². The Hall–Kier alpha value is -2.02. The number of nitrogens with one attached hydrogen (secondary N) is 1. The summed E-state index contributed by atoms with van der Waals surface area (Å²) in [5.74, 6) is 0. The average molecular weight is 209 g/mol. The first-order valence-corrected chi connectivity index (χ1v) is 5.43. The molecule has 0 aliphatic rings. The highest BCUT2D eigenvalue weighted by Crippen LogP contribution is 2.17. The number of hydrogen-bond donors (Lipinski definition) is 1. The van der Waals surface area contributed by atoms with Gasteiger partial charge in [-0.1, -0.05) is 42.5 Å². The molecule has 0 aliphatic carbocycles. The SMILES string of the molecule is C/C=C/c1cccc(Nc2ccccc2)c1. The molecular weight excluding hydrogens is 194 g/mol. The van der Waals surface area contributed by atoms with Crippen LogP contribution in [0.4, 0.5) is 11.4 Å². The van der Waals surface area contributed by atoms with Crippen LogP contribution in [-0.2, 0) is 0 Å². The van der Waals surface area contributed by atoms with Gasteiger partial charge in [-0.25, -0.2) is 0 Å². The lowest BCUT2D eigenvalue weighted by Crippen LogP contribution is -1.89. The molecule has 0 saturated heterocycles. The molecule has 0 fully saturated rings. The van der Waals surface area contributed by atoms with Crippen LogP contribution in [0.2, 0.25) is 0 Å². The van der Waals surface area contributed by atoms with Gasteiger partial charge < -0.3 is 5.32 Å². The third kappa shape index (κ3) is 2.74. The summed E-state index contributed by atoms with van der Waals surface area (Å²) in [6.07, 6.45) is 4.14. The second-order valence-electron chi connectivity index (χ2n) is 3.62. The number of rotatable bonds is 3. The summed E-state index contributed by atoms with van der Waals surface area (Å²) in [6, 6.07) is 18.5. The minimum Gasteiger partial charge on any atom is -0.356 e. The van der Waals surface area contributed by atoms with Crippen LogP contribution in [0.3, 0.4) is 0 Å². The van der Waals surface area contributed by atoms with Gasteiger partial charge in [-0.05, 0) is 36.8 Å². The highest BCUT2D eigenvalue weighted by atomic mass is 14.9. The molecule has 0 bridgehead atoms. The van der Waals surface area contributed by atoms with Gasteiger partial charge in [0.25, 0.3) is 0 Å². The molecule has 2 rings (SSSR count). The minimum atomic E-state index is 1.11. The molecule has 0 amide bonds. The zero-order valence-electron chi connectivity index (χ0n) is 9.35. The Morgan fingerprint density at radius 2 is 1.62 bits per heavy atom. The van der Waals surface area contributed by atoms with E-state index in [-0.39, 0.29) is 0 Å². The van der Waals surface area contributed by atoms with Crippen molar-refractivity contribution < 1.29 is 0 Å². The van der Waals surface area contributed by atoms with Crippen LogP contribution < -0.4 is 5.32 Å². The highest BCUT2D eigenvalue weighted by molar-refractivity contribution is 5.63. The van der Waals surface area contributed by atoms with Gasteiger partial charge in [0.2, 0.25) is 0 Å².